The van der Waals surface area contributed by atoms with Crippen molar-refractivity contribution in [3.63, 3.8) is 0 Å². The fourth-order valence-corrected chi connectivity index (χ4v) is 9.03. The molecule has 0 radical (unpaired) electrons. The SMILES string of the molecule is CN1CCN(Cc2cc3c(s2)CCN(C(=O)COCC2COc4ccccc4N2S(=O)(=O)c2ccccc2C(F)(F)F)C3)CC1. The number of nitrogens with zero attached hydrogens (tertiary/aromatic N) is 4. The van der Waals surface area contributed by atoms with Gasteiger partial charge >= 0.3 is 6.18 Å². The molecular weight excluding hydrogens is 629 g/mol. The summed E-state index contributed by atoms with van der Waals surface area (Å²) in [6.45, 7) is 5.41. The molecule has 4 heterocycles. The summed E-state index contributed by atoms with van der Waals surface area (Å²) in [6.07, 6.45) is -4.12. The third kappa shape index (κ3) is 6.85. The number of anilines is 1. The summed E-state index contributed by atoms with van der Waals surface area (Å²) in [5.74, 6) is -0.00816. The Balaban J connectivity index is 1.12. The Labute approximate surface area is 264 Å². The highest BCUT2D eigenvalue weighted by atomic mass is 32.2. The van der Waals surface area contributed by atoms with Gasteiger partial charge in [-0.3, -0.25) is 14.0 Å². The van der Waals surface area contributed by atoms with E-state index in [0.29, 0.717) is 13.1 Å². The van der Waals surface area contributed by atoms with Gasteiger partial charge in [0.25, 0.3) is 10.0 Å². The Morgan fingerprint density at radius 3 is 2.56 bits per heavy atom. The first-order valence-corrected chi connectivity index (χ1v) is 17.1. The van der Waals surface area contributed by atoms with Crippen LogP contribution in [0.4, 0.5) is 18.9 Å². The summed E-state index contributed by atoms with van der Waals surface area (Å²) >= 11 is 1.81. The second-order valence-corrected chi connectivity index (χ2v) is 14.6. The maximum absolute atomic E-state index is 13.9. The van der Waals surface area contributed by atoms with Gasteiger partial charge in [0, 0.05) is 55.6 Å². The number of likely N-dealkylation sites (N-methyl/N-ethyl adjacent to an activating group) is 1. The van der Waals surface area contributed by atoms with Crippen LogP contribution in [0.5, 0.6) is 5.75 Å². The van der Waals surface area contributed by atoms with Crippen LogP contribution in [-0.2, 0) is 45.2 Å². The molecular formula is C31H35F3N4O5S2. The van der Waals surface area contributed by atoms with E-state index in [2.05, 4.69) is 22.9 Å². The summed E-state index contributed by atoms with van der Waals surface area (Å²) in [7, 11) is -2.57. The molecule has 0 N–H and O–H groups in total. The summed E-state index contributed by atoms with van der Waals surface area (Å²) in [5.41, 5.74) is -0.0101. The monoisotopic (exact) mass is 664 g/mol. The first-order valence-electron chi connectivity index (χ1n) is 14.8. The van der Waals surface area contributed by atoms with E-state index < -0.39 is 32.7 Å². The molecule has 242 valence electrons. The molecule has 3 aromatic rings. The van der Waals surface area contributed by atoms with E-state index in [0.717, 1.165) is 67.2 Å². The highest BCUT2D eigenvalue weighted by molar-refractivity contribution is 7.93. The van der Waals surface area contributed by atoms with Gasteiger partial charge in [0.05, 0.1) is 22.8 Å². The maximum atomic E-state index is 13.9. The highest BCUT2D eigenvalue weighted by Crippen LogP contribution is 2.41. The first kappa shape index (κ1) is 31.8. The average molecular weight is 665 g/mol. The number of amides is 1. The number of fused-ring (bicyclic) bond motifs is 2. The predicted octanol–water partition coefficient (Wildman–Crippen LogP) is 4.07. The molecule has 45 heavy (non-hydrogen) atoms. The Morgan fingerprint density at radius 1 is 1.04 bits per heavy atom. The zero-order chi connectivity index (χ0) is 31.8. The van der Waals surface area contributed by atoms with Crippen LogP contribution in [0.3, 0.4) is 0 Å². The molecule has 2 aromatic carbocycles. The normalized spacial score (nSPS) is 19.6. The number of alkyl halides is 3. The number of hydrogen-bond donors (Lipinski definition) is 0. The molecule has 0 bridgehead atoms. The van der Waals surface area contributed by atoms with Crippen molar-refractivity contribution in [3.8, 4) is 5.75 Å². The Hall–Kier alpha value is -3.17. The number of piperazine rings is 1. The number of halogens is 3. The first-order chi connectivity index (χ1) is 21.5. The van der Waals surface area contributed by atoms with Crippen LogP contribution < -0.4 is 9.04 Å². The van der Waals surface area contributed by atoms with Gasteiger partial charge in [-0.1, -0.05) is 24.3 Å². The quantitative estimate of drug-likeness (QED) is 0.359. The number of hydrogen-bond acceptors (Lipinski definition) is 8. The van der Waals surface area contributed by atoms with Crippen LogP contribution in [-0.4, -0.2) is 94.7 Å². The molecule has 14 heteroatoms. The van der Waals surface area contributed by atoms with Gasteiger partial charge in [-0.25, -0.2) is 8.42 Å². The maximum Gasteiger partial charge on any atom is 0.417 e. The number of thiophene rings is 1. The summed E-state index contributed by atoms with van der Waals surface area (Å²) < 4.78 is 81.7. The molecule has 1 unspecified atom stereocenters. The molecule has 0 spiro atoms. The molecule has 1 saturated heterocycles. The summed E-state index contributed by atoms with van der Waals surface area (Å²) in [4.78, 5) is 21.4. The Bertz CT molecular complexity index is 1640. The van der Waals surface area contributed by atoms with Crippen molar-refractivity contribution in [2.24, 2.45) is 0 Å². The predicted molar refractivity (Wildman–Crippen MR) is 164 cm³/mol. The smallest absolute Gasteiger partial charge is 0.417 e. The van der Waals surface area contributed by atoms with Gasteiger partial charge in [0.15, 0.2) is 0 Å². The number of carbonyl (C=O) groups excluding carboxylic acids is 1. The molecule has 3 aliphatic heterocycles. The van der Waals surface area contributed by atoms with Crippen molar-refractivity contribution in [3.05, 3.63) is 75.5 Å². The van der Waals surface area contributed by atoms with Crippen molar-refractivity contribution < 1.29 is 35.9 Å². The van der Waals surface area contributed by atoms with Crippen LogP contribution >= 0.6 is 11.3 Å². The van der Waals surface area contributed by atoms with Crippen LogP contribution in [0.2, 0.25) is 0 Å². The number of para-hydroxylation sites is 2. The molecule has 3 aliphatic rings. The number of benzene rings is 2. The van der Waals surface area contributed by atoms with E-state index in [1.165, 1.54) is 21.9 Å². The Morgan fingerprint density at radius 2 is 1.78 bits per heavy atom. The van der Waals surface area contributed by atoms with Gasteiger partial charge in [0.2, 0.25) is 5.91 Å². The van der Waals surface area contributed by atoms with E-state index in [1.807, 2.05) is 0 Å². The van der Waals surface area contributed by atoms with Crippen molar-refractivity contribution >= 4 is 33.0 Å². The van der Waals surface area contributed by atoms with Crippen LogP contribution in [0, 0.1) is 0 Å². The lowest BCUT2D eigenvalue weighted by molar-refractivity contribution is -0.140. The molecule has 0 saturated carbocycles. The van der Waals surface area contributed by atoms with Crippen LogP contribution in [0.15, 0.2) is 59.5 Å². The number of carbonyl (C=O) groups is 1. The van der Waals surface area contributed by atoms with Gasteiger partial charge in [-0.15, -0.1) is 11.3 Å². The van der Waals surface area contributed by atoms with Crippen molar-refractivity contribution in [2.45, 2.75) is 36.6 Å². The van der Waals surface area contributed by atoms with Crippen molar-refractivity contribution in [2.75, 3.05) is 63.9 Å². The molecule has 1 amide bonds. The van der Waals surface area contributed by atoms with Crippen molar-refractivity contribution in [1.82, 2.24) is 14.7 Å². The molecule has 0 aliphatic carbocycles. The lowest BCUT2D eigenvalue weighted by Crippen LogP contribution is -2.50. The van der Waals surface area contributed by atoms with E-state index in [9.17, 15) is 26.4 Å². The molecule has 1 fully saturated rings. The fourth-order valence-electron chi connectivity index (χ4n) is 5.97. The molecule has 9 nitrogen and oxygen atoms in total. The number of rotatable bonds is 8. The van der Waals surface area contributed by atoms with Crippen molar-refractivity contribution in [1.29, 1.82) is 0 Å². The number of ether oxygens (including phenoxy) is 2. The summed E-state index contributed by atoms with van der Waals surface area (Å²) in [6, 6.07) is 11.6. The number of sulfonamides is 1. The van der Waals surface area contributed by atoms with Crippen LogP contribution in [0.25, 0.3) is 0 Å². The van der Waals surface area contributed by atoms with E-state index in [4.69, 9.17) is 9.47 Å². The van der Waals surface area contributed by atoms with Gasteiger partial charge in [-0.2, -0.15) is 13.2 Å². The average Bonchev–Trinajstić information content (AvgIpc) is 3.43. The highest BCUT2D eigenvalue weighted by Gasteiger charge is 2.43. The second-order valence-electron chi connectivity index (χ2n) is 11.5. The van der Waals surface area contributed by atoms with Gasteiger partial charge in [-0.05, 0) is 49.4 Å². The minimum absolute atomic E-state index is 0.106. The topological polar surface area (TPSA) is 82.6 Å². The fraction of sp³-hybridized carbons (Fsp3) is 0.452. The van der Waals surface area contributed by atoms with E-state index >= 15 is 0 Å². The molecule has 6 rings (SSSR count). The zero-order valence-corrected chi connectivity index (χ0v) is 26.5. The lowest BCUT2D eigenvalue weighted by atomic mass is 10.1. The van der Waals surface area contributed by atoms with E-state index in [1.54, 1.807) is 34.4 Å². The Kier molecular flexibility index (Phi) is 9.12. The standard InChI is InChI=1S/C31H35F3N4O5S2/c1-35-12-14-36(15-13-35)18-24-16-22-17-37(11-10-28(22)44-24)30(39)21-42-19-23-20-43-27-8-4-3-7-26(27)38(23)45(40,41)29-9-5-2-6-25(29)31(32,33)34/h2-9,16,23H,10-15,17-21H2,1H3. The zero-order valence-electron chi connectivity index (χ0n) is 24.8. The second kappa shape index (κ2) is 12.9. The van der Waals surface area contributed by atoms with Gasteiger partial charge < -0.3 is 19.3 Å². The third-order valence-corrected chi connectivity index (χ3v) is 11.5. The summed E-state index contributed by atoms with van der Waals surface area (Å²) in [5, 5.41) is 0. The largest absolute Gasteiger partial charge is 0.489 e. The molecule has 1 atom stereocenters. The lowest BCUT2D eigenvalue weighted by Gasteiger charge is -2.37. The minimum Gasteiger partial charge on any atom is -0.489 e. The molecule has 1 aromatic heterocycles. The van der Waals surface area contributed by atoms with E-state index in [-0.39, 0.29) is 37.2 Å². The van der Waals surface area contributed by atoms with Gasteiger partial charge in [0.1, 0.15) is 25.0 Å². The minimum atomic E-state index is -4.88. The van der Waals surface area contributed by atoms with Crippen LogP contribution in [0.1, 0.15) is 20.9 Å². The third-order valence-electron chi connectivity index (χ3n) is 8.38.